The Morgan fingerprint density at radius 1 is 1.20 bits per heavy atom. The molecule has 1 aliphatic rings. The molecule has 0 aromatic heterocycles. The van der Waals surface area contributed by atoms with Gasteiger partial charge in [0.1, 0.15) is 0 Å². The number of carbonyl (C=O) groups is 2. The smallest absolute Gasteiger partial charge is 0.234 e. The summed E-state index contributed by atoms with van der Waals surface area (Å²) in [5.74, 6) is 0.941. The number of benzene rings is 1. The van der Waals surface area contributed by atoms with Gasteiger partial charge in [0.2, 0.25) is 11.8 Å². The molecule has 0 spiro atoms. The second kappa shape index (κ2) is 10.0. The van der Waals surface area contributed by atoms with Crippen LogP contribution in [-0.4, -0.2) is 66.1 Å². The third-order valence-corrected chi connectivity index (χ3v) is 5.47. The predicted molar refractivity (Wildman–Crippen MR) is 103 cm³/mol. The van der Waals surface area contributed by atoms with Gasteiger partial charge in [0.05, 0.1) is 11.6 Å². The fourth-order valence-corrected chi connectivity index (χ4v) is 3.87. The summed E-state index contributed by atoms with van der Waals surface area (Å²) >= 11 is 7.73. The van der Waals surface area contributed by atoms with E-state index in [2.05, 4.69) is 10.2 Å². The second-order valence-electron chi connectivity index (χ2n) is 6.41. The number of nitrogens with one attached hydrogen (secondary N) is 1. The van der Waals surface area contributed by atoms with Crippen molar-refractivity contribution in [2.24, 2.45) is 0 Å². The molecule has 138 valence electrons. The number of carbonyl (C=O) groups excluding carboxylic acids is 2. The molecule has 1 N–H and O–H groups in total. The SMILES string of the molecule is CC(C)NC(=O)CN1CCN(C(=O)CCSc2ccccc2Cl)CC1. The highest BCUT2D eigenvalue weighted by molar-refractivity contribution is 7.99. The third-order valence-electron chi connectivity index (χ3n) is 3.95. The summed E-state index contributed by atoms with van der Waals surface area (Å²) in [6, 6.07) is 7.84. The first kappa shape index (κ1) is 20.1. The maximum Gasteiger partial charge on any atom is 0.234 e. The van der Waals surface area contributed by atoms with Crippen molar-refractivity contribution in [3.8, 4) is 0 Å². The van der Waals surface area contributed by atoms with Crippen LogP contribution < -0.4 is 5.32 Å². The third kappa shape index (κ3) is 6.88. The Morgan fingerprint density at radius 2 is 1.88 bits per heavy atom. The summed E-state index contributed by atoms with van der Waals surface area (Å²) in [5, 5.41) is 3.63. The minimum atomic E-state index is 0.0471. The Balaban J connectivity index is 1.67. The second-order valence-corrected chi connectivity index (χ2v) is 7.95. The highest BCUT2D eigenvalue weighted by Crippen LogP contribution is 2.27. The quantitative estimate of drug-likeness (QED) is 0.735. The maximum absolute atomic E-state index is 12.3. The number of piperazine rings is 1. The highest BCUT2D eigenvalue weighted by atomic mass is 35.5. The molecule has 0 unspecified atom stereocenters. The largest absolute Gasteiger partial charge is 0.353 e. The Bertz CT molecular complexity index is 589. The molecule has 1 fully saturated rings. The number of hydrogen-bond donors (Lipinski definition) is 1. The molecule has 2 rings (SSSR count). The Labute approximate surface area is 159 Å². The molecule has 1 saturated heterocycles. The predicted octanol–water partition coefficient (Wildman–Crippen LogP) is 2.49. The molecule has 25 heavy (non-hydrogen) atoms. The summed E-state index contributed by atoms with van der Waals surface area (Å²) in [7, 11) is 0. The van der Waals surface area contributed by atoms with E-state index < -0.39 is 0 Å². The van der Waals surface area contributed by atoms with Crippen LogP contribution >= 0.6 is 23.4 Å². The Morgan fingerprint density at radius 3 is 2.52 bits per heavy atom. The number of thioether (sulfide) groups is 1. The Kier molecular flexibility index (Phi) is 8.06. The lowest BCUT2D eigenvalue weighted by Crippen LogP contribution is -2.51. The van der Waals surface area contributed by atoms with Gasteiger partial charge >= 0.3 is 0 Å². The molecule has 0 atom stereocenters. The molecule has 2 amide bonds. The molecule has 0 bridgehead atoms. The van der Waals surface area contributed by atoms with Gasteiger partial charge < -0.3 is 10.2 Å². The number of amides is 2. The van der Waals surface area contributed by atoms with Gasteiger partial charge in [-0.2, -0.15) is 0 Å². The van der Waals surface area contributed by atoms with E-state index in [1.807, 2.05) is 43.0 Å². The summed E-state index contributed by atoms with van der Waals surface area (Å²) in [4.78, 5) is 29.1. The molecule has 0 radical (unpaired) electrons. The first-order valence-corrected chi connectivity index (χ1v) is 9.99. The fraction of sp³-hybridized carbons (Fsp3) is 0.556. The van der Waals surface area contributed by atoms with Crippen LogP contribution in [-0.2, 0) is 9.59 Å². The van der Waals surface area contributed by atoms with Crippen LogP contribution in [0.3, 0.4) is 0 Å². The van der Waals surface area contributed by atoms with Crippen molar-refractivity contribution in [3.05, 3.63) is 29.3 Å². The molecule has 0 saturated carbocycles. The molecule has 7 heteroatoms. The van der Waals surface area contributed by atoms with Crippen LogP contribution in [0.1, 0.15) is 20.3 Å². The number of hydrogen-bond acceptors (Lipinski definition) is 4. The van der Waals surface area contributed by atoms with Gasteiger partial charge in [-0.1, -0.05) is 23.7 Å². The van der Waals surface area contributed by atoms with E-state index in [1.165, 1.54) is 0 Å². The zero-order valence-corrected chi connectivity index (χ0v) is 16.4. The van der Waals surface area contributed by atoms with Gasteiger partial charge in [-0.3, -0.25) is 14.5 Å². The van der Waals surface area contributed by atoms with Gasteiger partial charge in [-0.05, 0) is 26.0 Å². The van der Waals surface area contributed by atoms with Gasteiger partial charge in [-0.15, -0.1) is 11.8 Å². The molecule has 0 aliphatic carbocycles. The number of nitrogens with zero attached hydrogens (tertiary/aromatic N) is 2. The zero-order chi connectivity index (χ0) is 18.2. The van der Waals surface area contributed by atoms with Crippen LogP contribution in [0.5, 0.6) is 0 Å². The topological polar surface area (TPSA) is 52.7 Å². The van der Waals surface area contributed by atoms with Crippen molar-refractivity contribution in [3.63, 3.8) is 0 Å². The van der Waals surface area contributed by atoms with Crippen molar-refractivity contribution in [2.75, 3.05) is 38.5 Å². The lowest BCUT2D eigenvalue weighted by atomic mass is 10.2. The minimum Gasteiger partial charge on any atom is -0.353 e. The standard InChI is InChI=1S/C18H26ClN3O2S/c1-14(2)20-17(23)13-21-8-10-22(11-9-21)18(24)7-12-25-16-6-4-3-5-15(16)19/h3-6,14H,7-13H2,1-2H3,(H,20,23). The fourth-order valence-electron chi connectivity index (χ4n) is 2.69. The van der Waals surface area contributed by atoms with E-state index >= 15 is 0 Å². The van der Waals surface area contributed by atoms with Crippen molar-refractivity contribution < 1.29 is 9.59 Å². The van der Waals surface area contributed by atoms with E-state index in [9.17, 15) is 9.59 Å². The molecular formula is C18H26ClN3O2S. The van der Waals surface area contributed by atoms with Crippen LogP contribution in [0, 0.1) is 0 Å². The van der Waals surface area contributed by atoms with Crippen molar-refractivity contribution >= 4 is 35.2 Å². The van der Waals surface area contributed by atoms with Crippen LogP contribution in [0.2, 0.25) is 5.02 Å². The minimum absolute atomic E-state index is 0.0471. The summed E-state index contributed by atoms with van der Waals surface area (Å²) in [5.41, 5.74) is 0. The van der Waals surface area contributed by atoms with Crippen molar-refractivity contribution in [1.29, 1.82) is 0 Å². The van der Waals surface area contributed by atoms with E-state index in [4.69, 9.17) is 11.6 Å². The van der Waals surface area contributed by atoms with Gasteiger partial charge in [0, 0.05) is 49.3 Å². The molecular weight excluding hydrogens is 358 g/mol. The van der Waals surface area contributed by atoms with Crippen molar-refractivity contribution in [2.45, 2.75) is 31.2 Å². The monoisotopic (exact) mass is 383 g/mol. The molecule has 1 heterocycles. The van der Waals surface area contributed by atoms with Gasteiger partial charge in [-0.25, -0.2) is 0 Å². The lowest BCUT2D eigenvalue weighted by molar-refractivity contribution is -0.132. The molecule has 1 aliphatic heterocycles. The van der Waals surface area contributed by atoms with Crippen molar-refractivity contribution in [1.82, 2.24) is 15.1 Å². The van der Waals surface area contributed by atoms with Gasteiger partial charge in [0.15, 0.2) is 0 Å². The Hall–Kier alpha value is -1.24. The van der Waals surface area contributed by atoms with E-state index in [1.54, 1.807) is 11.8 Å². The summed E-state index contributed by atoms with van der Waals surface area (Å²) in [6.45, 7) is 7.17. The average Bonchev–Trinajstić information content (AvgIpc) is 2.56. The number of halogens is 1. The highest BCUT2D eigenvalue weighted by Gasteiger charge is 2.22. The first-order chi connectivity index (χ1) is 12.0. The molecule has 1 aromatic rings. The summed E-state index contributed by atoms with van der Waals surface area (Å²) < 4.78 is 0. The van der Waals surface area contributed by atoms with Crippen LogP contribution in [0.25, 0.3) is 0 Å². The first-order valence-electron chi connectivity index (χ1n) is 8.62. The van der Waals surface area contributed by atoms with E-state index in [-0.39, 0.29) is 17.9 Å². The van der Waals surface area contributed by atoms with Crippen LogP contribution in [0.15, 0.2) is 29.2 Å². The van der Waals surface area contributed by atoms with Gasteiger partial charge in [0.25, 0.3) is 0 Å². The molecule has 1 aromatic carbocycles. The normalized spacial score (nSPS) is 15.4. The average molecular weight is 384 g/mol. The number of rotatable bonds is 7. The van der Waals surface area contributed by atoms with E-state index in [0.717, 1.165) is 28.8 Å². The van der Waals surface area contributed by atoms with E-state index in [0.29, 0.717) is 26.1 Å². The van der Waals surface area contributed by atoms with Crippen LogP contribution in [0.4, 0.5) is 0 Å². The maximum atomic E-state index is 12.3. The zero-order valence-electron chi connectivity index (χ0n) is 14.8. The lowest BCUT2D eigenvalue weighted by Gasteiger charge is -2.34. The summed E-state index contributed by atoms with van der Waals surface area (Å²) in [6.07, 6.45) is 0.504. The molecule has 5 nitrogen and oxygen atoms in total.